The van der Waals surface area contributed by atoms with Gasteiger partial charge in [-0.3, -0.25) is 0 Å². The van der Waals surface area contributed by atoms with Crippen LogP contribution in [-0.4, -0.2) is 16.7 Å². The van der Waals surface area contributed by atoms with Crippen LogP contribution in [0.25, 0.3) is 10.9 Å². The summed E-state index contributed by atoms with van der Waals surface area (Å²) in [6.07, 6.45) is 1.27. The predicted octanol–water partition coefficient (Wildman–Crippen LogP) is 5.21. The van der Waals surface area contributed by atoms with Crippen molar-refractivity contribution in [2.75, 3.05) is 0 Å². The standard InChI is InChI=1S/C20H32N2O/c1-8-15(6)23-17-9-10-20-18(11-17)19(12-21-13(2)3)16(7)22(20)14(4)5/h9-11,13-15,21H,8,12H2,1-7H3/t15-/m0/s1. The molecule has 0 aliphatic rings. The monoisotopic (exact) mass is 316 g/mol. The Balaban J connectivity index is 2.51. The second-order valence-electron chi connectivity index (χ2n) is 7.08. The highest BCUT2D eigenvalue weighted by molar-refractivity contribution is 5.87. The fourth-order valence-electron chi connectivity index (χ4n) is 3.07. The van der Waals surface area contributed by atoms with Gasteiger partial charge in [0, 0.05) is 35.2 Å². The maximum absolute atomic E-state index is 6.03. The van der Waals surface area contributed by atoms with Gasteiger partial charge < -0.3 is 14.6 Å². The summed E-state index contributed by atoms with van der Waals surface area (Å²) in [6.45, 7) is 16.3. The summed E-state index contributed by atoms with van der Waals surface area (Å²) < 4.78 is 8.46. The lowest BCUT2D eigenvalue weighted by Crippen LogP contribution is -2.22. The minimum Gasteiger partial charge on any atom is -0.491 e. The molecule has 1 atom stereocenters. The third-order valence-electron chi connectivity index (χ3n) is 4.47. The van der Waals surface area contributed by atoms with Gasteiger partial charge in [0.2, 0.25) is 0 Å². The van der Waals surface area contributed by atoms with Crippen LogP contribution in [0.4, 0.5) is 0 Å². The van der Waals surface area contributed by atoms with Crippen LogP contribution >= 0.6 is 0 Å². The first kappa shape index (κ1) is 17.9. The van der Waals surface area contributed by atoms with E-state index in [2.05, 4.69) is 76.5 Å². The summed E-state index contributed by atoms with van der Waals surface area (Å²) in [5.41, 5.74) is 4.04. The van der Waals surface area contributed by atoms with E-state index in [0.717, 1.165) is 18.7 Å². The van der Waals surface area contributed by atoms with E-state index >= 15 is 0 Å². The molecule has 0 amide bonds. The van der Waals surface area contributed by atoms with Gasteiger partial charge in [-0.05, 0) is 57.9 Å². The first-order valence-corrected chi connectivity index (χ1v) is 8.88. The highest BCUT2D eigenvalue weighted by Crippen LogP contribution is 2.32. The fourth-order valence-corrected chi connectivity index (χ4v) is 3.07. The van der Waals surface area contributed by atoms with Gasteiger partial charge in [0.25, 0.3) is 0 Å². The van der Waals surface area contributed by atoms with E-state index in [1.54, 1.807) is 0 Å². The quantitative estimate of drug-likeness (QED) is 0.759. The Morgan fingerprint density at radius 3 is 2.39 bits per heavy atom. The molecule has 0 aliphatic carbocycles. The molecule has 2 aromatic rings. The Bertz CT molecular complexity index is 655. The average molecular weight is 316 g/mol. The molecule has 0 radical (unpaired) electrons. The van der Waals surface area contributed by atoms with Crippen LogP contribution in [0, 0.1) is 6.92 Å². The van der Waals surface area contributed by atoms with Gasteiger partial charge in [0.05, 0.1) is 6.10 Å². The molecule has 1 aromatic heterocycles. The Kier molecular flexibility index (Phi) is 5.74. The topological polar surface area (TPSA) is 26.2 Å². The van der Waals surface area contributed by atoms with Gasteiger partial charge in [-0.15, -0.1) is 0 Å². The first-order chi connectivity index (χ1) is 10.8. The van der Waals surface area contributed by atoms with Crippen molar-refractivity contribution in [2.45, 2.75) is 79.6 Å². The molecule has 0 saturated carbocycles. The molecule has 0 aliphatic heterocycles. The van der Waals surface area contributed by atoms with Gasteiger partial charge in [0.1, 0.15) is 5.75 Å². The lowest BCUT2D eigenvalue weighted by atomic mass is 10.1. The summed E-state index contributed by atoms with van der Waals surface area (Å²) in [5, 5.41) is 4.87. The van der Waals surface area contributed by atoms with Crippen molar-refractivity contribution in [1.82, 2.24) is 9.88 Å². The molecular weight excluding hydrogens is 284 g/mol. The Morgan fingerprint density at radius 2 is 1.83 bits per heavy atom. The summed E-state index contributed by atoms with van der Waals surface area (Å²) in [6, 6.07) is 7.45. The third-order valence-corrected chi connectivity index (χ3v) is 4.47. The van der Waals surface area contributed by atoms with Crippen molar-refractivity contribution in [2.24, 2.45) is 0 Å². The van der Waals surface area contributed by atoms with Crippen LogP contribution in [0.2, 0.25) is 0 Å². The molecule has 1 N–H and O–H groups in total. The Morgan fingerprint density at radius 1 is 1.13 bits per heavy atom. The van der Waals surface area contributed by atoms with Crippen LogP contribution < -0.4 is 10.1 Å². The molecule has 0 fully saturated rings. The average Bonchev–Trinajstić information content (AvgIpc) is 2.76. The maximum Gasteiger partial charge on any atom is 0.120 e. The number of benzene rings is 1. The normalized spacial score (nSPS) is 13.3. The number of aromatic nitrogens is 1. The minimum absolute atomic E-state index is 0.248. The van der Waals surface area contributed by atoms with Crippen LogP contribution in [0.15, 0.2) is 18.2 Å². The smallest absolute Gasteiger partial charge is 0.120 e. The molecule has 0 unspecified atom stereocenters. The summed E-state index contributed by atoms with van der Waals surface area (Å²) in [5.74, 6) is 0.971. The molecular formula is C20H32N2O. The van der Waals surface area contributed by atoms with E-state index in [9.17, 15) is 0 Å². The second-order valence-corrected chi connectivity index (χ2v) is 7.08. The highest BCUT2D eigenvalue weighted by Gasteiger charge is 2.17. The number of nitrogens with zero attached hydrogens (tertiary/aromatic N) is 1. The molecule has 0 bridgehead atoms. The van der Waals surface area contributed by atoms with E-state index in [0.29, 0.717) is 12.1 Å². The molecule has 128 valence electrons. The van der Waals surface area contributed by atoms with Crippen LogP contribution in [0.3, 0.4) is 0 Å². The molecule has 1 heterocycles. The number of fused-ring (bicyclic) bond motifs is 1. The first-order valence-electron chi connectivity index (χ1n) is 8.88. The SMILES string of the molecule is CC[C@H](C)Oc1ccc2c(c1)c(CNC(C)C)c(C)n2C(C)C. The zero-order chi connectivity index (χ0) is 17.1. The van der Waals surface area contributed by atoms with Crippen molar-refractivity contribution < 1.29 is 4.74 Å². The largest absolute Gasteiger partial charge is 0.491 e. The number of rotatable bonds is 7. The van der Waals surface area contributed by atoms with E-state index in [1.165, 1.54) is 22.2 Å². The lowest BCUT2D eigenvalue weighted by molar-refractivity contribution is 0.217. The molecule has 0 spiro atoms. The van der Waals surface area contributed by atoms with Gasteiger partial charge in [-0.25, -0.2) is 0 Å². The highest BCUT2D eigenvalue weighted by atomic mass is 16.5. The Hall–Kier alpha value is -1.48. The molecule has 3 heteroatoms. The van der Waals surface area contributed by atoms with E-state index in [4.69, 9.17) is 4.74 Å². The lowest BCUT2D eigenvalue weighted by Gasteiger charge is -2.14. The summed E-state index contributed by atoms with van der Waals surface area (Å²) in [7, 11) is 0. The van der Waals surface area contributed by atoms with Crippen LogP contribution in [0.5, 0.6) is 5.75 Å². The summed E-state index contributed by atoms with van der Waals surface area (Å²) >= 11 is 0. The number of nitrogens with one attached hydrogen (secondary N) is 1. The molecule has 3 nitrogen and oxygen atoms in total. The second kappa shape index (κ2) is 7.39. The molecule has 1 aromatic carbocycles. The predicted molar refractivity (Wildman–Crippen MR) is 99.4 cm³/mol. The van der Waals surface area contributed by atoms with Crippen molar-refractivity contribution in [3.8, 4) is 5.75 Å². The fraction of sp³-hybridized carbons (Fsp3) is 0.600. The molecule has 0 saturated heterocycles. The van der Waals surface area contributed by atoms with Crippen molar-refractivity contribution in [3.63, 3.8) is 0 Å². The van der Waals surface area contributed by atoms with Crippen LogP contribution in [-0.2, 0) is 6.54 Å². The van der Waals surface area contributed by atoms with Gasteiger partial charge >= 0.3 is 0 Å². The molecule has 23 heavy (non-hydrogen) atoms. The zero-order valence-electron chi connectivity index (χ0n) is 15.7. The van der Waals surface area contributed by atoms with Crippen molar-refractivity contribution in [1.29, 1.82) is 0 Å². The zero-order valence-corrected chi connectivity index (χ0v) is 15.7. The minimum atomic E-state index is 0.248. The number of ether oxygens (including phenoxy) is 1. The number of hydrogen-bond acceptors (Lipinski definition) is 2. The third kappa shape index (κ3) is 3.89. The van der Waals surface area contributed by atoms with E-state index < -0.39 is 0 Å². The van der Waals surface area contributed by atoms with E-state index in [-0.39, 0.29) is 6.10 Å². The van der Waals surface area contributed by atoms with Gasteiger partial charge in [0.15, 0.2) is 0 Å². The van der Waals surface area contributed by atoms with E-state index in [1.807, 2.05) is 0 Å². The van der Waals surface area contributed by atoms with Crippen LogP contribution in [0.1, 0.15) is 65.3 Å². The summed E-state index contributed by atoms with van der Waals surface area (Å²) in [4.78, 5) is 0. The van der Waals surface area contributed by atoms with Crippen molar-refractivity contribution >= 4 is 10.9 Å². The number of hydrogen-bond donors (Lipinski definition) is 1. The van der Waals surface area contributed by atoms with Crippen molar-refractivity contribution in [3.05, 3.63) is 29.5 Å². The van der Waals surface area contributed by atoms with Gasteiger partial charge in [-0.2, -0.15) is 0 Å². The molecule has 2 rings (SSSR count). The Labute approximate surface area is 141 Å². The van der Waals surface area contributed by atoms with Gasteiger partial charge in [-0.1, -0.05) is 20.8 Å². The maximum atomic E-state index is 6.03.